The van der Waals surface area contributed by atoms with Crippen LogP contribution in [-0.4, -0.2) is 15.5 Å². The molecule has 1 aliphatic rings. The van der Waals surface area contributed by atoms with Gasteiger partial charge >= 0.3 is 8.48 Å². The number of nitrogens with zero attached hydrogens (tertiary/aromatic N) is 1. The van der Waals surface area contributed by atoms with Crippen LogP contribution in [0.15, 0.2) is 24.3 Å². The quantitative estimate of drug-likeness (QED) is 0.566. The highest BCUT2D eigenvalue weighted by Crippen LogP contribution is 2.38. The second-order valence-corrected chi connectivity index (χ2v) is 7.34. The van der Waals surface area contributed by atoms with Gasteiger partial charge in [-0.15, -0.1) is 0 Å². The smallest absolute Gasteiger partial charge is 0.354 e. The third kappa shape index (κ3) is 0.931. The van der Waals surface area contributed by atoms with Crippen LogP contribution in [0.1, 0.15) is 0 Å². The van der Waals surface area contributed by atoms with Crippen LogP contribution in [0, 0.1) is 0 Å². The summed E-state index contributed by atoms with van der Waals surface area (Å²) < 4.78 is 8.15. The van der Waals surface area contributed by atoms with Gasteiger partial charge in [-0.25, -0.2) is 0 Å². The maximum atomic E-state index is 5.87. The Morgan fingerprint density at radius 2 is 1.92 bits per heavy atom. The summed E-state index contributed by atoms with van der Waals surface area (Å²) in [5.74, 6) is 1.04. The summed E-state index contributed by atoms with van der Waals surface area (Å²) in [6, 6.07) is 8.21. The van der Waals surface area contributed by atoms with Crippen molar-refractivity contribution < 1.29 is 4.43 Å². The third-order valence-electron chi connectivity index (χ3n) is 2.39. The summed E-state index contributed by atoms with van der Waals surface area (Å²) in [4.78, 5) is 0. The molecule has 0 aliphatic carbocycles. The fourth-order valence-corrected chi connectivity index (χ4v) is 3.06. The van der Waals surface area contributed by atoms with Gasteiger partial charge in [-0.1, -0.05) is 12.1 Å². The van der Waals surface area contributed by atoms with Crippen LogP contribution < -0.4 is 8.99 Å². The van der Waals surface area contributed by atoms with Crippen molar-refractivity contribution in [3.63, 3.8) is 0 Å². The van der Waals surface area contributed by atoms with Gasteiger partial charge in [-0.05, 0) is 25.2 Å². The lowest BCUT2D eigenvalue weighted by atomic mass is 10.3. The van der Waals surface area contributed by atoms with Crippen molar-refractivity contribution in [3.05, 3.63) is 24.3 Å². The zero-order valence-electron chi connectivity index (χ0n) is 7.66. The highest BCUT2D eigenvalue weighted by Gasteiger charge is 2.38. The summed E-state index contributed by atoms with van der Waals surface area (Å²) in [7, 11) is 0.494. The Labute approximate surface area is 74.0 Å². The van der Waals surface area contributed by atoms with Crippen molar-refractivity contribution in [2.75, 3.05) is 11.6 Å². The van der Waals surface area contributed by atoms with Crippen LogP contribution in [0.25, 0.3) is 0 Å². The predicted molar refractivity (Wildman–Crippen MR) is 53.0 cm³/mol. The SMILES string of the molecule is CN1c2ccccc2O[Si]1(C)C. The molecule has 64 valence electrons. The average molecular weight is 179 g/mol. The number of benzene rings is 1. The molecule has 0 N–H and O–H groups in total. The largest absolute Gasteiger partial charge is 0.524 e. The fourth-order valence-electron chi connectivity index (χ4n) is 1.45. The van der Waals surface area contributed by atoms with Gasteiger partial charge in [0.2, 0.25) is 0 Å². The first-order valence-electron chi connectivity index (χ1n) is 4.13. The van der Waals surface area contributed by atoms with Crippen LogP contribution in [-0.2, 0) is 0 Å². The summed E-state index contributed by atoms with van der Waals surface area (Å²) >= 11 is 0. The van der Waals surface area contributed by atoms with Crippen LogP contribution in [0.5, 0.6) is 5.75 Å². The Hall–Kier alpha value is -0.963. The number of hydrogen-bond donors (Lipinski definition) is 0. The van der Waals surface area contributed by atoms with Crippen molar-refractivity contribution >= 4 is 14.2 Å². The second-order valence-electron chi connectivity index (χ2n) is 3.58. The highest BCUT2D eigenvalue weighted by molar-refractivity contribution is 6.77. The molecule has 0 bridgehead atoms. The van der Waals surface area contributed by atoms with E-state index in [0.717, 1.165) is 5.75 Å². The molecule has 2 rings (SSSR count). The zero-order chi connectivity index (χ0) is 8.77. The number of para-hydroxylation sites is 2. The molecule has 1 aliphatic heterocycles. The first-order chi connectivity index (χ1) is 5.61. The molecule has 2 nitrogen and oxygen atoms in total. The van der Waals surface area contributed by atoms with Gasteiger partial charge < -0.3 is 8.99 Å². The summed E-state index contributed by atoms with van der Waals surface area (Å²) in [5, 5.41) is 0. The maximum Gasteiger partial charge on any atom is 0.354 e. The number of anilines is 1. The summed E-state index contributed by atoms with van der Waals surface area (Å²) in [5.41, 5.74) is 1.23. The molecule has 0 radical (unpaired) electrons. The van der Waals surface area contributed by atoms with Gasteiger partial charge in [-0.3, -0.25) is 0 Å². The maximum absolute atomic E-state index is 5.87. The number of hydrogen-bond acceptors (Lipinski definition) is 2. The molecule has 0 spiro atoms. The lowest BCUT2D eigenvalue weighted by Gasteiger charge is -2.24. The van der Waals surface area contributed by atoms with E-state index < -0.39 is 8.48 Å². The molecule has 1 aromatic rings. The Balaban J connectivity index is 2.49. The van der Waals surface area contributed by atoms with Crippen LogP contribution in [0.3, 0.4) is 0 Å². The van der Waals surface area contributed by atoms with Crippen molar-refractivity contribution in [2.45, 2.75) is 13.1 Å². The molecule has 0 saturated heterocycles. The normalized spacial score (nSPS) is 18.8. The van der Waals surface area contributed by atoms with Crippen LogP contribution >= 0.6 is 0 Å². The van der Waals surface area contributed by atoms with E-state index >= 15 is 0 Å². The van der Waals surface area contributed by atoms with E-state index in [1.54, 1.807) is 0 Å². The lowest BCUT2D eigenvalue weighted by Crippen LogP contribution is -2.47. The molecule has 0 unspecified atom stereocenters. The Morgan fingerprint density at radius 1 is 1.25 bits per heavy atom. The van der Waals surface area contributed by atoms with Gasteiger partial charge in [-0.2, -0.15) is 0 Å². The van der Waals surface area contributed by atoms with E-state index in [0.29, 0.717) is 0 Å². The topological polar surface area (TPSA) is 12.5 Å². The van der Waals surface area contributed by atoms with E-state index in [2.05, 4.69) is 36.8 Å². The van der Waals surface area contributed by atoms with E-state index in [-0.39, 0.29) is 0 Å². The average Bonchev–Trinajstić information content (AvgIpc) is 2.24. The molecule has 0 amide bonds. The zero-order valence-corrected chi connectivity index (χ0v) is 8.66. The standard InChI is InChI=1S/C9H13NOSi/c1-10-8-6-4-5-7-9(8)11-12(10,2)3/h4-7H,1-3H3. The highest BCUT2D eigenvalue weighted by atomic mass is 28.4. The Bertz CT molecular complexity index is 311. The first kappa shape index (κ1) is 7.67. The van der Waals surface area contributed by atoms with Gasteiger partial charge in [0.25, 0.3) is 0 Å². The van der Waals surface area contributed by atoms with Gasteiger partial charge in [0.1, 0.15) is 5.75 Å². The van der Waals surface area contributed by atoms with E-state index in [9.17, 15) is 0 Å². The van der Waals surface area contributed by atoms with Crippen molar-refractivity contribution in [1.82, 2.24) is 0 Å². The molecular weight excluding hydrogens is 166 g/mol. The van der Waals surface area contributed by atoms with Crippen LogP contribution in [0.4, 0.5) is 5.69 Å². The minimum absolute atomic E-state index is 1.04. The van der Waals surface area contributed by atoms with Gasteiger partial charge in [0.15, 0.2) is 0 Å². The molecule has 3 heteroatoms. The molecule has 12 heavy (non-hydrogen) atoms. The van der Waals surface area contributed by atoms with Gasteiger partial charge in [0, 0.05) is 7.05 Å². The van der Waals surface area contributed by atoms with Crippen molar-refractivity contribution in [1.29, 1.82) is 0 Å². The Kier molecular flexibility index (Phi) is 1.45. The first-order valence-corrected chi connectivity index (χ1v) is 6.99. The van der Waals surface area contributed by atoms with E-state index in [1.807, 2.05) is 12.1 Å². The molecule has 1 heterocycles. The number of fused-ring (bicyclic) bond motifs is 1. The Morgan fingerprint density at radius 3 is 2.58 bits per heavy atom. The molecule has 0 atom stereocenters. The van der Waals surface area contributed by atoms with E-state index in [1.165, 1.54) is 5.69 Å². The molecular formula is C9H13NOSi. The minimum Gasteiger partial charge on any atom is -0.524 e. The monoisotopic (exact) mass is 179 g/mol. The number of rotatable bonds is 0. The van der Waals surface area contributed by atoms with Gasteiger partial charge in [0.05, 0.1) is 5.69 Å². The fraction of sp³-hybridized carbons (Fsp3) is 0.333. The molecule has 0 fully saturated rings. The van der Waals surface area contributed by atoms with E-state index in [4.69, 9.17) is 4.43 Å². The predicted octanol–water partition coefficient (Wildman–Crippen LogP) is 2.22. The molecule has 0 saturated carbocycles. The van der Waals surface area contributed by atoms with Crippen molar-refractivity contribution in [2.24, 2.45) is 0 Å². The molecule has 0 aromatic heterocycles. The third-order valence-corrected chi connectivity index (χ3v) is 4.97. The summed E-state index contributed by atoms with van der Waals surface area (Å²) in [6.07, 6.45) is 0. The minimum atomic E-state index is -1.61. The lowest BCUT2D eigenvalue weighted by molar-refractivity contribution is 0.573. The second kappa shape index (κ2) is 2.26. The molecule has 1 aromatic carbocycles. The van der Waals surface area contributed by atoms with Crippen molar-refractivity contribution in [3.8, 4) is 5.75 Å². The van der Waals surface area contributed by atoms with Crippen LogP contribution in [0.2, 0.25) is 13.1 Å². The summed E-state index contributed by atoms with van der Waals surface area (Å²) in [6.45, 7) is 4.40.